The molecule has 1 saturated heterocycles. The Morgan fingerprint density at radius 3 is 3.04 bits per heavy atom. The molecule has 1 aliphatic heterocycles. The van der Waals surface area contributed by atoms with Crippen LogP contribution in [0.2, 0.25) is 5.15 Å². The van der Waals surface area contributed by atoms with Gasteiger partial charge in [-0.15, -0.1) is 0 Å². The Labute approximate surface area is 144 Å². The number of H-pyrrole nitrogens is 1. The lowest BCUT2D eigenvalue weighted by Gasteiger charge is -2.24. The van der Waals surface area contributed by atoms with Crippen LogP contribution in [0.5, 0.6) is 0 Å². The van der Waals surface area contributed by atoms with E-state index < -0.39 is 0 Å². The number of aromatic nitrogens is 4. The molecule has 0 radical (unpaired) electrons. The highest BCUT2D eigenvalue weighted by Gasteiger charge is 2.35. The molecule has 1 amide bonds. The second kappa shape index (κ2) is 5.63. The van der Waals surface area contributed by atoms with Gasteiger partial charge in [0.05, 0.1) is 17.3 Å². The number of aromatic amines is 1. The minimum Gasteiger partial charge on any atom is -0.345 e. The molecule has 124 valence electrons. The molecule has 0 aliphatic carbocycles. The molecule has 0 aromatic carbocycles. The third kappa shape index (κ3) is 2.21. The van der Waals surface area contributed by atoms with E-state index in [-0.39, 0.29) is 11.9 Å². The van der Waals surface area contributed by atoms with Gasteiger partial charge in [0.2, 0.25) is 0 Å². The fourth-order valence-electron chi connectivity index (χ4n) is 3.62. The monoisotopic (exact) mass is 343 g/mol. The molecule has 1 N–H and O–H groups in total. The Balaban J connectivity index is 1.74. The summed E-state index contributed by atoms with van der Waals surface area (Å²) < 4.78 is 1.67. The number of fused-ring (bicyclic) bond motifs is 1. The van der Waals surface area contributed by atoms with Crippen LogP contribution in [0.25, 0.3) is 11.0 Å². The van der Waals surface area contributed by atoms with Gasteiger partial charge in [-0.1, -0.05) is 11.6 Å². The van der Waals surface area contributed by atoms with Crippen LogP contribution in [0.4, 0.5) is 0 Å². The number of likely N-dealkylation sites (tertiary alicyclic amines) is 1. The number of carbonyl (C=O) groups is 1. The number of hydrogen-bond acceptors (Lipinski definition) is 3. The van der Waals surface area contributed by atoms with Gasteiger partial charge in [0.15, 0.2) is 0 Å². The summed E-state index contributed by atoms with van der Waals surface area (Å²) in [7, 11) is 1.82. The first-order chi connectivity index (χ1) is 11.6. The molecule has 24 heavy (non-hydrogen) atoms. The summed E-state index contributed by atoms with van der Waals surface area (Å²) in [6.07, 6.45) is 5.32. The van der Waals surface area contributed by atoms with E-state index in [2.05, 4.69) is 15.1 Å². The Bertz CT molecular complexity index is 928. The van der Waals surface area contributed by atoms with Crippen LogP contribution in [0, 0.1) is 6.92 Å². The highest BCUT2D eigenvalue weighted by molar-refractivity contribution is 6.30. The Kier molecular flexibility index (Phi) is 3.57. The van der Waals surface area contributed by atoms with Gasteiger partial charge in [0.25, 0.3) is 5.91 Å². The maximum Gasteiger partial charge on any atom is 0.256 e. The number of halogens is 1. The van der Waals surface area contributed by atoms with E-state index in [4.69, 9.17) is 11.6 Å². The van der Waals surface area contributed by atoms with Crippen LogP contribution in [0.3, 0.4) is 0 Å². The molecular weight excluding hydrogens is 326 g/mol. The number of rotatable bonds is 2. The van der Waals surface area contributed by atoms with Gasteiger partial charge in [-0.2, -0.15) is 5.10 Å². The zero-order valence-electron chi connectivity index (χ0n) is 13.6. The highest BCUT2D eigenvalue weighted by atomic mass is 35.5. The normalized spacial score (nSPS) is 17.8. The lowest BCUT2D eigenvalue weighted by atomic mass is 10.0. The first-order valence-electron chi connectivity index (χ1n) is 8.00. The predicted octanol–water partition coefficient (Wildman–Crippen LogP) is 3.24. The molecule has 6 nitrogen and oxygen atoms in total. The van der Waals surface area contributed by atoms with Crippen molar-refractivity contribution in [3.63, 3.8) is 0 Å². The molecule has 3 aromatic rings. The van der Waals surface area contributed by atoms with E-state index in [1.807, 2.05) is 31.0 Å². The summed E-state index contributed by atoms with van der Waals surface area (Å²) >= 11 is 6.43. The standard InChI is InChI=1S/C17H18ClN5O/c1-10-14(15(18)22(2)21-10)13-6-4-8-23(13)17(24)12-9-20-16-11(12)5-3-7-19-16/h3,5,7,9,13H,4,6,8H2,1-2H3,(H,19,20)/t13-/m1/s1. The smallest absolute Gasteiger partial charge is 0.256 e. The van der Waals surface area contributed by atoms with Gasteiger partial charge in [0, 0.05) is 36.9 Å². The SMILES string of the molecule is Cc1nn(C)c(Cl)c1[C@H]1CCCN1C(=O)c1c[nH]c2ncccc12. The van der Waals surface area contributed by atoms with E-state index in [0.29, 0.717) is 10.7 Å². The van der Waals surface area contributed by atoms with E-state index in [0.717, 1.165) is 41.7 Å². The van der Waals surface area contributed by atoms with Crippen molar-refractivity contribution in [1.82, 2.24) is 24.6 Å². The molecule has 4 rings (SSSR count). The summed E-state index contributed by atoms with van der Waals surface area (Å²) in [5.41, 5.74) is 3.23. The highest BCUT2D eigenvalue weighted by Crippen LogP contribution is 2.38. The van der Waals surface area contributed by atoms with Crippen molar-refractivity contribution >= 4 is 28.5 Å². The van der Waals surface area contributed by atoms with Crippen molar-refractivity contribution in [3.8, 4) is 0 Å². The minimum atomic E-state index is -0.0275. The van der Waals surface area contributed by atoms with Crippen LogP contribution < -0.4 is 0 Å². The summed E-state index contributed by atoms with van der Waals surface area (Å²) in [5.74, 6) is 0.0102. The van der Waals surface area contributed by atoms with E-state index in [9.17, 15) is 4.79 Å². The first-order valence-corrected chi connectivity index (χ1v) is 8.37. The van der Waals surface area contributed by atoms with Crippen LogP contribution in [0.15, 0.2) is 24.5 Å². The van der Waals surface area contributed by atoms with Crippen molar-refractivity contribution in [1.29, 1.82) is 0 Å². The maximum absolute atomic E-state index is 13.1. The van der Waals surface area contributed by atoms with Crippen LogP contribution in [0.1, 0.15) is 40.5 Å². The molecule has 4 heterocycles. The van der Waals surface area contributed by atoms with Gasteiger partial charge in [-0.05, 0) is 31.9 Å². The fourth-order valence-corrected chi connectivity index (χ4v) is 3.92. The molecule has 1 fully saturated rings. The van der Waals surface area contributed by atoms with Crippen LogP contribution >= 0.6 is 11.6 Å². The number of pyridine rings is 1. The van der Waals surface area contributed by atoms with Crippen molar-refractivity contribution < 1.29 is 4.79 Å². The molecule has 0 unspecified atom stereocenters. The molecule has 7 heteroatoms. The van der Waals surface area contributed by atoms with Gasteiger partial charge in [-0.3, -0.25) is 9.48 Å². The molecule has 0 bridgehead atoms. The molecule has 0 saturated carbocycles. The second-order valence-corrected chi connectivity index (χ2v) is 6.53. The van der Waals surface area contributed by atoms with E-state index in [1.165, 1.54) is 0 Å². The lowest BCUT2D eigenvalue weighted by molar-refractivity contribution is 0.0737. The van der Waals surface area contributed by atoms with Crippen LogP contribution in [-0.2, 0) is 7.05 Å². The Morgan fingerprint density at radius 2 is 2.29 bits per heavy atom. The number of nitrogens with one attached hydrogen (secondary N) is 1. The fraction of sp³-hybridized carbons (Fsp3) is 0.353. The third-order valence-electron chi connectivity index (χ3n) is 4.72. The van der Waals surface area contributed by atoms with Crippen molar-refractivity contribution in [2.24, 2.45) is 7.05 Å². The number of nitrogens with zero attached hydrogens (tertiary/aromatic N) is 4. The summed E-state index contributed by atoms with van der Waals surface area (Å²) in [6, 6.07) is 3.73. The molecule has 1 atom stereocenters. The minimum absolute atomic E-state index is 0.0102. The molecule has 1 aliphatic rings. The van der Waals surface area contributed by atoms with Gasteiger partial charge < -0.3 is 9.88 Å². The Hall–Kier alpha value is -2.34. The molecule has 0 spiro atoms. The number of hydrogen-bond donors (Lipinski definition) is 1. The maximum atomic E-state index is 13.1. The number of aryl methyl sites for hydroxylation is 2. The van der Waals surface area contributed by atoms with Crippen molar-refractivity contribution in [2.75, 3.05) is 6.54 Å². The van der Waals surface area contributed by atoms with Gasteiger partial charge in [-0.25, -0.2) is 4.98 Å². The van der Waals surface area contributed by atoms with Gasteiger partial charge >= 0.3 is 0 Å². The second-order valence-electron chi connectivity index (χ2n) is 6.17. The quantitative estimate of drug-likeness (QED) is 0.776. The van der Waals surface area contributed by atoms with Crippen LogP contribution in [-0.4, -0.2) is 37.1 Å². The van der Waals surface area contributed by atoms with E-state index >= 15 is 0 Å². The zero-order chi connectivity index (χ0) is 16.8. The lowest BCUT2D eigenvalue weighted by Crippen LogP contribution is -2.30. The summed E-state index contributed by atoms with van der Waals surface area (Å²) in [5, 5.41) is 5.85. The average Bonchev–Trinajstić information content (AvgIpc) is 3.26. The van der Waals surface area contributed by atoms with Crippen molar-refractivity contribution in [2.45, 2.75) is 25.8 Å². The molecule has 3 aromatic heterocycles. The first kappa shape index (κ1) is 15.2. The third-order valence-corrected chi connectivity index (χ3v) is 5.17. The topological polar surface area (TPSA) is 66.8 Å². The largest absolute Gasteiger partial charge is 0.345 e. The predicted molar refractivity (Wildman–Crippen MR) is 92.1 cm³/mol. The average molecular weight is 344 g/mol. The zero-order valence-corrected chi connectivity index (χ0v) is 14.3. The summed E-state index contributed by atoms with van der Waals surface area (Å²) in [4.78, 5) is 22.4. The van der Waals surface area contributed by atoms with Crippen molar-refractivity contribution in [3.05, 3.63) is 46.5 Å². The number of carbonyl (C=O) groups excluding carboxylic acids is 1. The van der Waals surface area contributed by atoms with Gasteiger partial charge in [0.1, 0.15) is 10.8 Å². The molecular formula is C17H18ClN5O. The van der Waals surface area contributed by atoms with E-state index in [1.54, 1.807) is 17.1 Å². The Morgan fingerprint density at radius 1 is 1.46 bits per heavy atom. The summed E-state index contributed by atoms with van der Waals surface area (Å²) in [6.45, 7) is 2.67. The number of amides is 1.